The van der Waals surface area contributed by atoms with Crippen molar-refractivity contribution in [3.05, 3.63) is 222 Å². The Morgan fingerprint density at radius 3 is 1.23 bits per heavy atom. The number of anilines is 6. The molecule has 4 nitrogen and oxygen atoms in total. The van der Waals surface area contributed by atoms with Crippen LogP contribution in [0.5, 0.6) is 0 Å². The Morgan fingerprint density at radius 1 is 0.364 bits per heavy atom. The van der Waals surface area contributed by atoms with E-state index in [0.717, 1.165) is 95.1 Å². The van der Waals surface area contributed by atoms with Crippen molar-refractivity contribution in [2.45, 2.75) is 52.4 Å². The molecule has 6 heterocycles. The summed E-state index contributed by atoms with van der Waals surface area (Å²) >= 11 is 3.60. The van der Waals surface area contributed by atoms with Crippen molar-refractivity contribution in [3.8, 4) is 44.5 Å². The van der Waals surface area contributed by atoms with Crippen LogP contribution in [0.3, 0.4) is 0 Å². The first-order chi connectivity index (χ1) is 37.5. The zero-order valence-corrected chi connectivity index (χ0v) is 45.4. The van der Waals surface area contributed by atoms with Crippen LogP contribution in [0.15, 0.2) is 220 Å². The van der Waals surface area contributed by atoms with E-state index in [-0.39, 0.29) is 17.5 Å². The Bertz CT molecular complexity index is 4220. The Labute approximate surface area is 457 Å². The van der Waals surface area contributed by atoms with Gasteiger partial charge in [0.1, 0.15) is 22.5 Å². The van der Waals surface area contributed by atoms with Gasteiger partial charge in [-0.1, -0.05) is 169 Å². The Balaban J connectivity index is 1.04. The molecule has 9 aromatic carbocycles. The molecule has 0 unspecified atom stereocenters. The molecule has 0 radical (unpaired) electrons. The van der Waals surface area contributed by atoms with Crippen molar-refractivity contribution < 1.29 is 8.83 Å². The molecule has 0 saturated heterocycles. The standard InChI is InChI=1S/C70H53BN2O2S2/c1-69(2,3)46-30-34-60-52(38-46)65-67(74-60)71-64-58(72(65)56-32-28-44(36-50(56)42-18-9-7-10-19-42)54-40-76-62-26-15-13-22-48(54)62)24-17-25-59(64)73(66-53-39-47(70(4,5)6)31-35-61(53)75-68(66)71)57-33-29-45(37-51(57)43-20-11-8-12-21-43)55-41-77-63-27-16-14-23-49(55)63/h7-41H,1-6H3. The van der Waals surface area contributed by atoms with Gasteiger partial charge in [0.25, 0.3) is 0 Å². The molecule has 2 aliphatic heterocycles. The molecule has 0 spiro atoms. The number of thiophene rings is 2. The van der Waals surface area contributed by atoms with Gasteiger partial charge in [-0.15, -0.1) is 22.7 Å². The topological polar surface area (TPSA) is 32.8 Å². The van der Waals surface area contributed by atoms with Gasteiger partial charge in [-0.2, -0.15) is 0 Å². The highest BCUT2D eigenvalue weighted by molar-refractivity contribution is 7.18. The predicted octanol–water partition coefficient (Wildman–Crippen LogP) is 19.0. The molecule has 0 fully saturated rings. The third kappa shape index (κ3) is 7.17. The normalized spacial score (nSPS) is 13.2. The molecule has 0 saturated carbocycles. The van der Waals surface area contributed by atoms with E-state index in [1.807, 2.05) is 0 Å². The summed E-state index contributed by atoms with van der Waals surface area (Å²) in [5.74, 6) is 0. The van der Waals surface area contributed by atoms with Crippen molar-refractivity contribution in [1.29, 1.82) is 0 Å². The third-order valence-electron chi connectivity index (χ3n) is 16.1. The fourth-order valence-corrected chi connectivity index (χ4v) is 14.2. The molecule has 7 heteroatoms. The van der Waals surface area contributed by atoms with Crippen molar-refractivity contribution in [2.24, 2.45) is 0 Å². The quantitative estimate of drug-likeness (QED) is 0.155. The van der Waals surface area contributed by atoms with Crippen LogP contribution in [0.25, 0.3) is 86.6 Å². The second-order valence-electron chi connectivity index (χ2n) is 22.9. The molecule has 0 aliphatic carbocycles. The second-order valence-corrected chi connectivity index (χ2v) is 24.7. The van der Waals surface area contributed by atoms with Crippen molar-refractivity contribution in [2.75, 3.05) is 9.80 Å². The number of rotatable bonds is 6. The molecule has 77 heavy (non-hydrogen) atoms. The molecule has 0 bridgehead atoms. The van der Waals surface area contributed by atoms with Crippen LogP contribution in [-0.4, -0.2) is 6.71 Å². The first-order valence-electron chi connectivity index (χ1n) is 26.7. The number of nitrogens with zero attached hydrogens (tertiary/aromatic N) is 2. The zero-order valence-electron chi connectivity index (χ0n) is 43.8. The Morgan fingerprint density at radius 2 is 0.792 bits per heavy atom. The minimum Gasteiger partial charge on any atom is -0.468 e. The zero-order chi connectivity index (χ0) is 51.9. The first kappa shape index (κ1) is 46.0. The van der Waals surface area contributed by atoms with Gasteiger partial charge in [0.15, 0.2) is 0 Å². The van der Waals surface area contributed by atoms with Gasteiger partial charge in [-0.3, -0.25) is 0 Å². The van der Waals surface area contributed by atoms with E-state index >= 15 is 0 Å². The largest absolute Gasteiger partial charge is 0.468 e. The van der Waals surface area contributed by atoms with Gasteiger partial charge >= 0.3 is 6.71 Å². The van der Waals surface area contributed by atoms with Crippen LogP contribution in [0.2, 0.25) is 0 Å². The van der Waals surface area contributed by atoms with E-state index in [1.54, 1.807) is 22.7 Å². The fourth-order valence-electron chi connectivity index (χ4n) is 12.2. The molecule has 0 N–H and O–H groups in total. The van der Waals surface area contributed by atoms with Crippen LogP contribution in [0.4, 0.5) is 34.1 Å². The van der Waals surface area contributed by atoms with E-state index in [4.69, 9.17) is 8.83 Å². The highest BCUT2D eigenvalue weighted by atomic mass is 32.1. The smallest absolute Gasteiger partial charge is 0.342 e. The lowest BCUT2D eigenvalue weighted by atomic mass is 9.37. The minimum absolute atomic E-state index is 0.104. The third-order valence-corrected chi connectivity index (χ3v) is 18.1. The van der Waals surface area contributed by atoms with E-state index in [9.17, 15) is 0 Å². The van der Waals surface area contributed by atoms with E-state index < -0.39 is 0 Å². The number of fused-ring (bicyclic) bond motifs is 10. The highest BCUT2D eigenvalue weighted by Crippen LogP contribution is 2.53. The summed E-state index contributed by atoms with van der Waals surface area (Å²) in [4.78, 5) is 5.04. The van der Waals surface area contributed by atoms with Crippen LogP contribution in [-0.2, 0) is 10.8 Å². The van der Waals surface area contributed by atoms with E-state index in [1.165, 1.54) is 53.6 Å². The van der Waals surface area contributed by atoms with Gasteiger partial charge < -0.3 is 18.6 Å². The summed E-state index contributed by atoms with van der Waals surface area (Å²) in [5, 5.41) is 9.31. The lowest BCUT2D eigenvalue weighted by molar-refractivity contribution is 0.590. The Kier molecular flexibility index (Phi) is 10.2. The van der Waals surface area contributed by atoms with E-state index in [2.05, 4.69) is 262 Å². The SMILES string of the molecule is CC(C)(C)c1ccc2oc3c(c2c1)N(c1ccc(-c2csc4ccccc24)cc1-c1ccccc1)c1cccc2c1B3c1oc3ccc(C(C)(C)C)cc3c1N2c1ccc(-c2csc3ccccc23)cc1-c1ccccc1. The van der Waals surface area contributed by atoms with Crippen molar-refractivity contribution in [3.63, 3.8) is 0 Å². The number of benzene rings is 9. The summed E-state index contributed by atoms with van der Waals surface area (Å²) in [6.07, 6.45) is 0. The summed E-state index contributed by atoms with van der Waals surface area (Å²) in [7, 11) is 0. The molecule has 2 aliphatic rings. The average molecular weight is 1030 g/mol. The molecule has 4 aromatic heterocycles. The van der Waals surface area contributed by atoms with E-state index in [0.29, 0.717) is 0 Å². The van der Waals surface area contributed by atoms with Gasteiger partial charge in [0.2, 0.25) is 0 Å². The minimum atomic E-state index is -0.372. The lowest BCUT2D eigenvalue weighted by Gasteiger charge is -2.41. The van der Waals surface area contributed by atoms with Crippen LogP contribution >= 0.6 is 22.7 Å². The predicted molar refractivity (Wildman–Crippen MR) is 330 cm³/mol. The number of hydrogen-bond donors (Lipinski definition) is 0. The molecule has 0 amide bonds. The molecule has 13 aromatic rings. The molecule has 370 valence electrons. The molecular weight excluding hydrogens is 976 g/mol. The molecule has 0 atom stereocenters. The number of furan rings is 2. The molecular formula is C70H53BN2O2S2. The van der Waals surface area contributed by atoms with Crippen LogP contribution in [0.1, 0.15) is 52.7 Å². The van der Waals surface area contributed by atoms with Gasteiger partial charge in [0.05, 0.1) is 22.7 Å². The summed E-state index contributed by atoms with van der Waals surface area (Å²) in [5.41, 5.74) is 22.7. The maximum absolute atomic E-state index is 7.47. The van der Waals surface area contributed by atoms with Crippen LogP contribution < -0.4 is 26.6 Å². The Hall–Kier alpha value is -8.36. The summed E-state index contributed by atoms with van der Waals surface area (Å²) in [6, 6.07) is 74.0. The van der Waals surface area contributed by atoms with Crippen molar-refractivity contribution >= 4 is 122 Å². The maximum Gasteiger partial charge on any atom is 0.342 e. The van der Waals surface area contributed by atoms with Gasteiger partial charge in [-0.05, 0) is 133 Å². The highest BCUT2D eigenvalue weighted by Gasteiger charge is 2.50. The maximum atomic E-state index is 7.47. The molecule has 15 rings (SSSR count). The number of hydrogen-bond acceptors (Lipinski definition) is 6. The fraction of sp³-hybridized carbons (Fsp3) is 0.114. The first-order valence-corrected chi connectivity index (χ1v) is 28.4. The lowest BCUT2D eigenvalue weighted by Crippen LogP contribution is -2.60. The van der Waals surface area contributed by atoms with Crippen molar-refractivity contribution in [1.82, 2.24) is 0 Å². The average Bonchev–Trinajstić information content (AvgIpc) is 4.48. The summed E-state index contributed by atoms with van der Waals surface area (Å²) < 4.78 is 17.5. The monoisotopic (exact) mass is 1030 g/mol. The van der Waals surface area contributed by atoms with Gasteiger partial charge in [0, 0.05) is 64.6 Å². The summed E-state index contributed by atoms with van der Waals surface area (Å²) in [6.45, 7) is 13.4. The second kappa shape index (κ2) is 17.1. The van der Waals surface area contributed by atoms with Gasteiger partial charge in [-0.25, -0.2) is 0 Å². The van der Waals surface area contributed by atoms with Crippen LogP contribution in [0, 0.1) is 0 Å².